The van der Waals surface area contributed by atoms with Gasteiger partial charge in [-0.1, -0.05) is 36.4 Å². The van der Waals surface area contributed by atoms with E-state index < -0.39 is 0 Å². The van der Waals surface area contributed by atoms with Crippen LogP contribution in [0.1, 0.15) is 23.6 Å². The van der Waals surface area contributed by atoms with E-state index in [-0.39, 0.29) is 0 Å². The second-order valence-electron chi connectivity index (χ2n) is 5.18. The van der Waals surface area contributed by atoms with Gasteiger partial charge in [0, 0.05) is 17.0 Å². The molecular weight excluding hydrogens is 262 g/mol. The van der Waals surface area contributed by atoms with E-state index in [2.05, 4.69) is 58.9 Å². The largest absolute Gasteiger partial charge is 0.257 e. The normalized spacial score (nSPS) is 20.5. The van der Waals surface area contributed by atoms with Gasteiger partial charge in [-0.15, -0.1) is 11.3 Å². The third-order valence-corrected chi connectivity index (χ3v) is 5.01. The number of benzene rings is 1. The monoisotopic (exact) mass is 277 g/mol. The zero-order valence-electron chi connectivity index (χ0n) is 11.1. The fourth-order valence-corrected chi connectivity index (χ4v) is 4.00. The summed E-state index contributed by atoms with van der Waals surface area (Å²) in [5, 5.41) is 4.79. The molecule has 0 radical (unpaired) electrons. The van der Waals surface area contributed by atoms with E-state index in [9.17, 15) is 0 Å². The highest BCUT2D eigenvalue weighted by atomic mass is 32.1. The molecule has 1 aromatic heterocycles. The van der Waals surface area contributed by atoms with Gasteiger partial charge in [-0.25, -0.2) is 0 Å². The van der Waals surface area contributed by atoms with E-state index in [1.54, 1.807) is 0 Å². The Balaban J connectivity index is 2.06. The molecule has 1 atom stereocenters. The van der Waals surface area contributed by atoms with Crippen LogP contribution >= 0.6 is 11.3 Å². The van der Waals surface area contributed by atoms with Gasteiger partial charge in [0.25, 0.3) is 0 Å². The number of thiophene rings is 1. The zero-order valence-corrected chi connectivity index (χ0v) is 11.9. The van der Waals surface area contributed by atoms with Gasteiger partial charge in [0.05, 0.1) is 5.70 Å². The Kier molecular flexibility index (Phi) is 2.89. The number of aliphatic imine (C=N–C) groups is 1. The molecule has 0 bridgehead atoms. The Bertz CT molecular complexity index is 809. The van der Waals surface area contributed by atoms with Gasteiger partial charge in [0.2, 0.25) is 0 Å². The van der Waals surface area contributed by atoms with E-state index in [1.807, 2.05) is 17.6 Å². The van der Waals surface area contributed by atoms with Gasteiger partial charge in [0.1, 0.15) is 0 Å². The Morgan fingerprint density at radius 3 is 2.95 bits per heavy atom. The second-order valence-corrected chi connectivity index (χ2v) is 6.16. The Labute approximate surface area is 122 Å². The first-order chi connectivity index (χ1) is 9.93. The zero-order chi connectivity index (χ0) is 13.4. The number of hydrogen-bond acceptors (Lipinski definition) is 2. The average Bonchev–Trinajstić information content (AvgIpc) is 2.95. The van der Waals surface area contributed by atoms with Gasteiger partial charge in [0.15, 0.2) is 0 Å². The number of nitrogens with zero attached hydrogens (tertiary/aromatic N) is 1. The topological polar surface area (TPSA) is 12.4 Å². The van der Waals surface area contributed by atoms with Gasteiger partial charge in [-0.05, 0) is 46.4 Å². The third kappa shape index (κ3) is 1.88. The van der Waals surface area contributed by atoms with Crippen LogP contribution in [0.2, 0.25) is 0 Å². The van der Waals surface area contributed by atoms with E-state index >= 15 is 0 Å². The van der Waals surface area contributed by atoms with Crippen molar-refractivity contribution < 1.29 is 0 Å². The Morgan fingerprint density at radius 2 is 2.05 bits per heavy atom. The molecule has 2 heterocycles. The standard InChI is InChI=1S/C18H15NS/c1-2-6-14-13(5-1)10-11-19-16-8-3-7-15(18(14)16)17-9-4-12-20-17/h1-2,4-6,8-12,15H,3,7H2. The lowest BCUT2D eigenvalue weighted by atomic mass is 9.84. The first kappa shape index (κ1) is 11.9. The van der Waals surface area contributed by atoms with Crippen molar-refractivity contribution in [1.82, 2.24) is 0 Å². The SMILES string of the molecule is C1=NC2=CCCC(c3cccs3)C2=c2ccccc2=C1. The molecule has 1 aliphatic carbocycles. The molecule has 0 amide bonds. The van der Waals surface area contributed by atoms with Crippen molar-refractivity contribution in [2.45, 2.75) is 18.8 Å². The van der Waals surface area contributed by atoms with Crippen LogP contribution in [0.25, 0.3) is 11.6 Å². The molecule has 1 nitrogen and oxygen atoms in total. The number of allylic oxidation sites excluding steroid dienone is 2. The molecule has 0 fully saturated rings. The molecule has 1 unspecified atom stereocenters. The van der Waals surface area contributed by atoms with Crippen molar-refractivity contribution in [3.8, 4) is 0 Å². The molecule has 0 saturated heterocycles. The van der Waals surface area contributed by atoms with E-state index in [1.165, 1.54) is 27.3 Å². The third-order valence-electron chi connectivity index (χ3n) is 4.02. The molecule has 0 spiro atoms. The lowest BCUT2D eigenvalue weighted by Crippen LogP contribution is -2.29. The maximum atomic E-state index is 4.67. The van der Waals surface area contributed by atoms with Crippen LogP contribution in [0.4, 0.5) is 0 Å². The minimum absolute atomic E-state index is 0.486. The highest BCUT2D eigenvalue weighted by Crippen LogP contribution is 2.40. The maximum Gasteiger partial charge on any atom is 0.0634 e. The van der Waals surface area contributed by atoms with E-state index in [0.717, 1.165) is 12.1 Å². The van der Waals surface area contributed by atoms with Crippen molar-refractivity contribution in [3.05, 3.63) is 68.9 Å². The van der Waals surface area contributed by atoms with Crippen LogP contribution in [0.5, 0.6) is 0 Å². The summed E-state index contributed by atoms with van der Waals surface area (Å²) in [7, 11) is 0. The predicted molar refractivity (Wildman–Crippen MR) is 86.4 cm³/mol. The van der Waals surface area contributed by atoms with Crippen molar-refractivity contribution in [2.75, 3.05) is 0 Å². The summed E-state index contributed by atoms with van der Waals surface area (Å²) in [5.74, 6) is 0.486. The predicted octanol–water partition coefficient (Wildman–Crippen LogP) is 3.23. The minimum atomic E-state index is 0.486. The van der Waals surface area contributed by atoms with Crippen molar-refractivity contribution >= 4 is 29.2 Å². The van der Waals surface area contributed by atoms with E-state index in [4.69, 9.17) is 0 Å². The lowest BCUT2D eigenvalue weighted by molar-refractivity contribution is 0.747. The summed E-state index contributed by atoms with van der Waals surface area (Å²) in [5.41, 5.74) is 2.56. The van der Waals surface area contributed by atoms with Crippen LogP contribution in [0, 0.1) is 0 Å². The van der Waals surface area contributed by atoms with Gasteiger partial charge >= 0.3 is 0 Å². The van der Waals surface area contributed by atoms with E-state index in [0.29, 0.717) is 5.92 Å². The smallest absolute Gasteiger partial charge is 0.0634 e. The summed E-state index contributed by atoms with van der Waals surface area (Å²) < 4.78 is 0. The molecule has 2 aliphatic rings. The van der Waals surface area contributed by atoms with Gasteiger partial charge in [-0.3, -0.25) is 4.99 Å². The fraction of sp³-hybridized carbons (Fsp3) is 0.167. The molecule has 4 rings (SSSR count). The molecule has 98 valence electrons. The van der Waals surface area contributed by atoms with Gasteiger partial charge < -0.3 is 0 Å². The summed E-state index contributed by atoms with van der Waals surface area (Å²) in [6, 6.07) is 13.0. The molecule has 2 heteroatoms. The Hall–Kier alpha value is -1.93. The van der Waals surface area contributed by atoms with Crippen LogP contribution < -0.4 is 10.4 Å². The first-order valence-electron chi connectivity index (χ1n) is 7.01. The summed E-state index contributed by atoms with van der Waals surface area (Å²) in [6.07, 6.45) is 8.64. The second kappa shape index (κ2) is 4.88. The minimum Gasteiger partial charge on any atom is -0.257 e. The summed E-state index contributed by atoms with van der Waals surface area (Å²) >= 11 is 1.86. The molecule has 1 aliphatic heterocycles. The Morgan fingerprint density at radius 1 is 1.10 bits per heavy atom. The molecule has 0 saturated carbocycles. The molecular formula is C18H15NS. The quantitative estimate of drug-likeness (QED) is 0.759. The number of rotatable bonds is 1. The van der Waals surface area contributed by atoms with Crippen molar-refractivity contribution in [1.29, 1.82) is 0 Å². The fourth-order valence-electron chi connectivity index (χ4n) is 3.13. The number of fused-ring (bicyclic) bond motifs is 2. The molecule has 1 aromatic carbocycles. The summed E-state index contributed by atoms with van der Waals surface area (Å²) in [4.78, 5) is 6.12. The molecule has 0 N–H and O–H groups in total. The summed E-state index contributed by atoms with van der Waals surface area (Å²) in [6.45, 7) is 0. The van der Waals surface area contributed by atoms with Crippen LogP contribution in [0.3, 0.4) is 0 Å². The molecule has 2 aromatic rings. The maximum absolute atomic E-state index is 4.67. The highest BCUT2D eigenvalue weighted by Gasteiger charge is 2.25. The average molecular weight is 277 g/mol. The van der Waals surface area contributed by atoms with Crippen molar-refractivity contribution in [2.24, 2.45) is 4.99 Å². The highest BCUT2D eigenvalue weighted by molar-refractivity contribution is 7.10. The molecule has 20 heavy (non-hydrogen) atoms. The van der Waals surface area contributed by atoms with Crippen LogP contribution in [-0.2, 0) is 0 Å². The van der Waals surface area contributed by atoms with Crippen LogP contribution in [-0.4, -0.2) is 6.21 Å². The first-order valence-corrected chi connectivity index (χ1v) is 7.89. The van der Waals surface area contributed by atoms with Crippen molar-refractivity contribution in [3.63, 3.8) is 0 Å². The number of hydrogen-bond donors (Lipinski definition) is 0. The van der Waals surface area contributed by atoms with Gasteiger partial charge in [-0.2, -0.15) is 0 Å². The lowest BCUT2D eigenvalue weighted by Gasteiger charge is -2.23. The van der Waals surface area contributed by atoms with Crippen LogP contribution in [0.15, 0.2) is 58.5 Å².